The monoisotopic (exact) mass is 1840 g/mol. The number of ether oxygens (including phenoxy) is 4. The second-order valence-electron chi connectivity index (χ2n) is 34.2. The summed E-state index contributed by atoms with van der Waals surface area (Å²) in [6.45, 7) is 15.4. The van der Waals surface area contributed by atoms with Gasteiger partial charge in [0.15, 0.2) is 0 Å². The molecule has 0 spiro atoms. The standard InChI is InChI=1S/C9H9FO2.C9H10O2.C9H12O.C9H12.C8H10.6C7H16Si.2C7H8.C6H14OSi.5CH4/c1-7(11)12-6-8-2-4-9(10)5-3-8;1-8(10)11-7-9-5-3-2-4-6-9;1-2-10-8-9-6-4-3-5-7-9;1-2-6-9-7-4-3-5-8-9;1-2-8-6-4-3-5-7-8;6*8-6-5-7-3-1-2-4-7;2*1-7-5-3-2-4-6-7;8-5-7-6-3-1-2-4-6;;;;;/h2-5H,6H2,1H3;2-6H,7H2,1H3;3-7H,2,8H2,1H3;3-5,7-8H,2,6H2,1H3;3-7H,2H2,1H3;6*7H,1-6H2,8H3;2*2-6H,1H3;6H,1-5H2,8H3;5*1H4. The zero-order valence-electron chi connectivity index (χ0n) is 79.4. The molecule has 7 fully saturated rings. The van der Waals surface area contributed by atoms with Gasteiger partial charge >= 0.3 is 11.9 Å². The Morgan fingerprint density at radius 1 is 0.312 bits per heavy atom. The van der Waals surface area contributed by atoms with Crippen molar-refractivity contribution in [1.82, 2.24) is 0 Å². The SMILES string of the molecule is C.C.C.C.C.CC(=O)OCc1ccc(F)cc1.CC(=O)OCc1ccccc1.CCCc1ccccc1.CCOCc1ccccc1.CCc1ccccc1.Cc1ccccc1.Cc1ccccc1.[SiH3]CCC1CCCC1.[SiH3]CCC1CCCC1.[SiH3]CCC1CCCC1.[SiH3]CCC1CCCC1.[SiH3]CCC1CCCC1.[SiH3]CCC1CCCC1.[SiH3]COC1CCCC1. The number of carbonyl (C=O) groups is 2. The number of aryl methyl sites for hydroxylation is 4. The third-order valence-electron chi connectivity index (χ3n) is 23.2. The van der Waals surface area contributed by atoms with Gasteiger partial charge in [0.1, 0.15) is 19.0 Å². The van der Waals surface area contributed by atoms with Crippen LogP contribution in [0.5, 0.6) is 0 Å². The fourth-order valence-electron chi connectivity index (χ4n) is 16.6. The Morgan fingerprint density at radius 2 is 0.544 bits per heavy atom. The molecule has 0 aromatic heterocycles. The number of rotatable bonds is 24. The summed E-state index contributed by atoms with van der Waals surface area (Å²) in [6, 6.07) is 76.4. The molecular weight excluding hydrogens is 1640 g/mol. The van der Waals surface area contributed by atoms with Crippen molar-refractivity contribution in [2.75, 3.05) is 12.8 Å². The topological polar surface area (TPSA) is 71.1 Å². The van der Waals surface area contributed by atoms with Gasteiger partial charge in [-0.3, -0.25) is 9.59 Å². The molecule has 7 aromatic carbocycles. The highest BCUT2D eigenvalue weighted by molar-refractivity contribution is 6.09. The zero-order chi connectivity index (χ0) is 87.6. The minimum absolute atomic E-state index is 0. The van der Waals surface area contributed by atoms with Gasteiger partial charge in [0.05, 0.1) is 12.7 Å². The number of esters is 2. The fraction of sp³-hybridized carbons (Fsp3) is 0.604. The lowest BCUT2D eigenvalue weighted by molar-refractivity contribution is -0.143. The Balaban J connectivity index is -0.000000413. The first-order valence-corrected chi connectivity index (χ1v) is 58.9. The lowest BCUT2D eigenvalue weighted by Crippen LogP contribution is -2.07. The molecule has 0 unspecified atom stereocenters. The fourth-order valence-corrected chi connectivity index (χ4v) is 21.9. The predicted octanol–water partition coefficient (Wildman–Crippen LogP) is 26.3. The second kappa shape index (κ2) is 94.9. The summed E-state index contributed by atoms with van der Waals surface area (Å²) >= 11 is 0. The van der Waals surface area contributed by atoms with Crippen molar-refractivity contribution >= 4 is 83.6 Å². The smallest absolute Gasteiger partial charge is 0.302 e. The molecule has 0 bridgehead atoms. The van der Waals surface area contributed by atoms with Crippen LogP contribution in [-0.2, 0) is 61.2 Å². The van der Waals surface area contributed by atoms with Crippen LogP contribution in [0.4, 0.5) is 4.39 Å². The molecule has 14 heteroatoms. The van der Waals surface area contributed by atoms with Gasteiger partial charge in [-0.25, -0.2) is 4.39 Å². The van der Waals surface area contributed by atoms with Crippen molar-refractivity contribution in [3.63, 3.8) is 0 Å². The van der Waals surface area contributed by atoms with E-state index in [4.69, 9.17) is 18.9 Å². The summed E-state index contributed by atoms with van der Waals surface area (Å²) in [6.07, 6.45) is 56.8. The van der Waals surface area contributed by atoms with E-state index in [2.05, 4.69) is 119 Å². The first kappa shape index (κ1) is 128. The summed E-state index contributed by atoms with van der Waals surface area (Å²) in [5.74, 6) is 6.01. The first-order chi connectivity index (χ1) is 58.6. The molecule has 0 radical (unpaired) electrons. The summed E-state index contributed by atoms with van der Waals surface area (Å²) in [5.41, 5.74) is 8.54. The quantitative estimate of drug-likeness (QED) is 0.0443. The highest BCUT2D eigenvalue weighted by atomic mass is 28.2. The van der Waals surface area contributed by atoms with Crippen molar-refractivity contribution < 1.29 is 32.9 Å². The molecule has 7 aliphatic rings. The third kappa shape index (κ3) is 80.6. The lowest BCUT2D eigenvalue weighted by atomic mass is 10.1. The van der Waals surface area contributed by atoms with Crippen LogP contribution in [0.3, 0.4) is 0 Å². The van der Waals surface area contributed by atoms with Gasteiger partial charge in [-0.15, -0.1) is 0 Å². The second-order valence-corrected chi connectivity index (χ2v) is 40.8. The first-order valence-electron chi connectivity index (χ1n) is 49.0. The van der Waals surface area contributed by atoms with Crippen LogP contribution < -0.4 is 0 Å². The van der Waals surface area contributed by atoms with E-state index in [1.54, 1.807) is 128 Å². The molecule has 0 saturated heterocycles. The number of hydrogen-bond donors (Lipinski definition) is 0. The molecule has 7 aromatic rings. The molecule has 7 saturated carbocycles. The van der Waals surface area contributed by atoms with Crippen LogP contribution in [0.15, 0.2) is 206 Å². The largest absolute Gasteiger partial charge is 0.461 e. The van der Waals surface area contributed by atoms with E-state index in [0.29, 0.717) is 12.7 Å². The van der Waals surface area contributed by atoms with E-state index in [1.807, 2.05) is 97.9 Å². The van der Waals surface area contributed by atoms with Crippen LogP contribution in [0.1, 0.15) is 335 Å². The van der Waals surface area contributed by atoms with Crippen LogP contribution in [0.25, 0.3) is 0 Å². The maximum absolute atomic E-state index is 12.4. The van der Waals surface area contributed by atoms with Gasteiger partial charge in [-0.05, 0) is 122 Å². The van der Waals surface area contributed by atoms with Crippen LogP contribution >= 0.6 is 0 Å². The van der Waals surface area contributed by atoms with E-state index in [1.165, 1.54) is 277 Å². The molecule has 714 valence electrons. The van der Waals surface area contributed by atoms with Gasteiger partial charge in [0.2, 0.25) is 0 Å². The van der Waals surface area contributed by atoms with Gasteiger partial charge in [0.25, 0.3) is 0 Å². The van der Waals surface area contributed by atoms with Gasteiger partial charge in [-0.1, -0.05) is 504 Å². The lowest BCUT2D eigenvalue weighted by Gasteiger charge is -2.06. The van der Waals surface area contributed by atoms with Crippen molar-refractivity contribution in [3.05, 3.63) is 251 Å². The van der Waals surface area contributed by atoms with E-state index in [-0.39, 0.29) is 61.5 Å². The average Bonchev–Trinajstić information content (AvgIpc) is 1.94. The Hall–Kier alpha value is -5.15. The number of carbonyl (C=O) groups excluding carboxylic acids is 2. The molecule has 0 atom stereocenters. The maximum atomic E-state index is 12.4. The van der Waals surface area contributed by atoms with E-state index in [0.717, 1.165) is 72.5 Å². The summed E-state index contributed by atoms with van der Waals surface area (Å²) in [4.78, 5) is 20.8. The molecule has 125 heavy (non-hydrogen) atoms. The maximum Gasteiger partial charge on any atom is 0.302 e. The van der Waals surface area contributed by atoms with E-state index in [9.17, 15) is 14.0 Å². The Bertz CT molecular complexity index is 3020. The minimum Gasteiger partial charge on any atom is -0.461 e. The van der Waals surface area contributed by atoms with Gasteiger partial charge in [0, 0.05) is 98.4 Å². The van der Waals surface area contributed by atoms with Crippen molar-refractivity contribution in [2.45, 2.75) is 385 Å². The van der Waals surface area contributed by atoms with Crippen LogP contribution in [0, 0.1) is 55.2 Å². The third-order valence-corrected chi connectivity index (χ3v) is 27.0. The van der Waals surface area contributed by atoms with Crippen molar-refractivity contribution in [2.24, 2.45) is 35.5 Å². The number of benzene rings is 7. The van der Waals surface area contributed by atoms with Gasteiger partial charge in [-0.2, -0.15) is 0 Å². The summed E-state index contributed by atoms with van der Waals surface area (Å²) in [7, 11) is 9.74. The van der Waals surface area contributed by atoms with Crippen LogP contribution in [-0.4, -0.2) is 103 Å². The Morgan fingerprint density at radius 3 is 0.752 bits per heavy atom. The van der Waals surface area contributed by atoms with Crippen LogP contribution in [0.2, 0.25) is 36.3 Å². The number of hydrogen-bond acceptors (Lipinski definition) is 6. The van der Waals surface area contributed by atoms with E-state index < -0.39 is 0 Å². The molecular formula is C111H199FO6Si7. The molecule has 7 aliphatic carbocycles. The normalized spacial score (nSPS) is 14.8. The van der Waals surface area contributed by atoms with Crippen molar-refractivity contribution in [3.8, 4) is 0 Å². The summed E-state index contributed by atoms with van der Waals surface area (Å²) in [5, 5.41) is 0. The van der Waals surface area contributed by atoms with Gasteiger partial charge < -0.3 is 18.9 Å². The molecule has 0 heterocycles. The predicted molar refractivity (Wildman–Crippen MR) is 584 cm³/mol. The molecule has 14 rings (SSSR count). The van der Waals surface area contributed by atoms with E-state index >= 15 is 0 Å². The molecule has 0 N–H and O–H groups in total. The molecule has 6 nitrogen and oxygen atoms in total. The number of halogens is 1. The average molecular weight is 1850 g/mol. The highest BCUT2D eigenvalue weighted by Crippen LogP contribution is 2.32. The molecule has 0 aliphatic heterocycles. The Kier molecular flexibility index (Phi) is 97.5. The highest BCUT2D eigenvalue weighted by Gasteiger charge is 2.17. The summed E-state index contributed by atoms with van der Waals surface area (Å²) < 4.78 is 32.6. The van der Waals surface area contributed by atoms with Crippen molar-refractivity contribution in [1.29, 1.82) is 0 Å². The zero-order valence-corrected chi connectivity index (χ0v) is 93.4. The Labute approximate surface area is 795 Å². The minimum atomic E-state index is -0.334. The molecule has 0 amide bonds.